The lowest BCUT2D eigenvalue weighted by molar-refractivity contribution is -0.146. The van der Waals surface area contributed by atoms with Crippen molar-refractivity contribution in [1.82, 2.24) is 0 Å². The van der Waals surface area contributed by atoms with E-state index in [1.165, 1.54) is 0 Å². The van der Waals surface area contributed by atoms with Crippen LogP contribution in [0.3, 0.4) is 0 Å². The number of rotatable bonds is 2. The van der Waals surface area contributed by atoms with Gasteiger partial charge in [0.05, 0.1) is 12.5 Å². The highest BCUT2D eigenvalue weighted by Gasteiger charge is 2.65. The van der Waals surface area contributed by atoms with Crippen LogP contribution in [0.4, 0.5) is 0 Å². The average molecular weight is 182 g/mol. The summed E-state index contributed by atoms with van der Waals surface area (Å²) in [4.78, 5) is 22.7. The predicted octanol–water partition coefficient (Wildman–Crippen LogP) is 1.02. The van der Waals surface area contributed by atoms with Crippen LogP contribution < -0.4 is 0 Å². The lowest BCUT2D eigenvalue weighted by Gasteiger charge is -2.06. The van der Waals surface area contributed by atoms with Gasteiger partial charge in [-0.3, -0.25) is 9.59 Å². The van der Waals surface area contributed by atoms with Crippen LogP contribution in [0.2, 0.25) is 0 Å². The standard InChI is InChI=1S/C10H14O3/c1-3-13-10(12)9-7-5(2)4-6(11)8(7)9/h5,7-9H,3-4H2,1-2H3/t5-,7-,8+,9+/m0/s1. The van der Waals surface area contributed by atoms with Crippen molar-refractivity contribution in [3.8, 4) is 0 Å². The Morgan fingerprint density at radius 3 is 2.77 bits per heavy atom. The Labute approximate surface area is 77.4 Å². The Morgan fingerprint density at radius 1 is 1.62 bits per heavy atom. The van der Waals surface area contributed by atoms with Crippen molar-refractivity contribution in [2.24, 2.45) is 23.7 Å². The third-order valence-corrected chi connectivity index (χ3v) is 3.19. The second kappa shape index (κ2) is 2.82. The van der Waals surface area contributed by atoms with Gasteiger partial charge < -0.3 is 4.74 Å². The molecule has 4 atom stereocenters. The van der Waals surface area contributed by atoms with Crippen LogP contribution in [0.15, 0.2) is 0 Å². The highest BCUT2D eigenvalue weighted by molar-refractivity contribution is 5.95. The number of esters is 1. The highest BCUT2D eigenvalue weighted by Crippen LogP contribution is 2.58. The molecular formula is C10H14O3. The Kier molecular flexibility index (Phi) is 1.90. The summed E-state index contributed by atoms with van der Waals surface area (Å²) in [6.07, 6.45) is 0.658. The fourth-order valence-corrected chi connectivity index (χ4v) is 2.59. The molecule has 0 N–H and O–H groups in total. The summed E-state index contributed by atoms with van der Waals surface area (Å²) in [5.41, 5.74) is 0. The van der Waals surface area contributed by atoms with E-state index in [9.17, 15) is 9.59 Å². The average Bonchev–Trinajstić information content (AvgIpc) is 2.72. The van der Waals surface area contributed by atoms with E-state index < -0.39 is 0 Å². The van der Waals surface area contributed by atoms with Crippen LogP contribution in [0.5, 0.6) is 0 Å². The normalized spacial score (nSPS) is 41.5. The predicted molar refractivity (Wildman–Crippen MR) is 45.9 cm³/mol. The molecule has 0 aromatic rings. The van der Waals surface area contributed by atoms with Crippen molar-refractivity contribution >= 4 is 11.8 Å². The molecule has 2 saturated carbocycles. The number of hydrogen-bond acceptors (Lipinski definition) is 3. The molecule has 13 heavy (non-hydrogen) atoms. The molecule has 0 saturated heterocycles. The molecule has 2 rings (SSSR count). The van der Waals surface area contributed by atoms with Gasteiger partial charge in [-0.1, -0.05) is 6.92 Å². The summed E-state index contributed by atoms with van der Waals surface area (Å²) in [5.74, 6) is 0.677. The number of fused-ring (bicyclic) bond motifs is 1. The first kappa shape index (κ1) is 8.73. The first-order valence-corrected chi connectivity index (χ1v) is 4.86. The zero-order valence-electron chi connectivity index (χ0n) is 7.95. The molecule has 3 heteroatoms. The molecule has 0 heterocycles. The molecule has 2 aliphatic carbocycles. The third-order valence-electron chi connectivity index (χ3n) is 3.19. The van der Waals surface area contributed by atoms with Crippen LogP contribution in [-0.2, 0) is 14.3 Å². The maximum atomic E-state index is 11.3. The van der Waals surface area contributed by atoms with Gasteiger partial charge in [-0.25, -0.2) is 0 Å². The zero-order chi connectivity index (χ0) is 9.59. The number of hydrogen-bond donors (Lipinski definition) is 0. The summed E-state index contributed by atoms with van der Waals surface area (Å²) >= 11 is 0. The largest absolute Gasteiger partial charge is 0.466 e. The molecule has 72 valence electrons. The first-order valence-electron chi connectivity index (χ1n) is 4.86. The van der Waals surface area contributed by atoms with Gasteiger partial charge in [0.25, 0.3) is 0 Å². The van der Waals surface area contributed by atoms with Crippen molar-refractivity contribution in [3.05, 3.63) is 0 Å². The van der Waals surface area contributed by atoms with Crippen LogP contribution in [0.25, 0.3) is 0 Å². The monoisotopic (exact) mass is 182 g/mol. The second-order valence-electron chi connectivity index (χ2n) is 4.03. The fourth-order valence-electron chi connectivity index (χ4n) is 2.59. The van der Waals surface area contributed by atoms with Crippen LogP contribution in [0, 0.1) is 23.7 Å². The lowest BCUT2D eigenvalue weighted by atomic mass is 10.0. The van der Waals surface area contributed by atoms with E-state index in [1.54, 1.807) is 6.92 Å². The molecule has 2 fully saturated rings. The zero-order valence-corrected chi connectivity index (χ0v) is 7.95. The van der Waals surface area contributed by atoms with Crippen molar-refractivity contribution in [2.45, 2.75) is 20.3 Å². The minimum atomic E-state index is -0.169. The van der Waals surface area contributed by atoms with Gasteiger partial charge in [0.1, 0.15) is 5.78 Å². The second-order valence-corrected chi connectivity index (χ2v) is 4.03. The molecule has 0 aliphatic heterocycles. The molecule has 0 bridgehead atoms. The summed E-state index contributed by atoms with van der Waals surface area (Å²) in [6, 6.07) is 0. The smallest absolute Gasteiger partial charge is 0.309 e. The van der Waals surface area contributed by atoms with E-state index in [1.807, 2.05) is 6.92 Å². The minimum absolute atomic E-state index is 0.00838. The van der Waals surface area contributed by atoms with Crippen molar-refractivity contribution in [2.75, 3.05) is 6.61 Å². The third kappa shape index (κ3) is 1.18. The Morgan fingerprint density at radius 2 is 2.31 bits per heavy atom. The number of Topliss-reactive ketones (excluding diaryl/α,β-unsaturated/α-hetero) is 1. The lowest BCUT2D eigenvalue weighted by Crippen LogP contribution is -2.15. The summed E-state index contributed by atoms with van der Waals surface area (Å²) in [6.45, 7) is 4.25. The summed E-state index contributed by atoms with van der Waals surface area (Å²) in [7, 11) is 0. The van der Waals surface area contributed by atoms with Crippen LogP contribution in [0.1, 0.15) is 20.3 Å². The molecule has 0 unspecified atom stereocenters. The molecule has 3 nitrogen and oxygen atoms in total. The summed E-state index contributed by atoms with van der Waals surface area (Å²) in [5, 5.41) is 0. The highest BCUT2D eigenvalue weighted by atomic mass is 16.5. The number of carbonyl (C=O) groups is 2. The van der Waals surface area contributed by atoms with Crippen molar-refractivity contribution in [3.63, 3.8) is 0 Å². The van der Waals surface area contributed by atoms with Gasteiger partial charge in [0.2, 0.25) is 0 Å². The molecule has 0 aromatic carbocycles. The Hall–Kier alpha value is -0.860. The Balaban J connectivity index is 2.00. The minimum Gasteiger partial charge on any atom is -0.466 e. The first-order chi connectivity index (χ1) is 6.16. The van der Waals surface area contributed by atoms with E-state index in [-0.39, 0.29) is 23.6 Å². The van der Waals surface area contributed by atoms with Crippen molar-refractivity contribution < 1.29 is 14.3 Å². The quantitative estimate of drug-likeness (QED) is 0.599. The molecular weight excluding hydrogens is 168 g/mol. The molecule has 0 aromatic heterocycles. The van der Waals surface area contributed by atoms with Gasteiger partial charge in [0, 0.05) is 12.3 Å². The number of ether oxygens (including phenoxy) is 1. The molecule has 0 amide bonds. The van der Waals surface area contributed by atoms with Gasteiger partial charge >= 0.3 is 5.97 Å². The topological polar surface area (TPSA) is 43.4 Å². The number of carbonyl (C=O) groups excluding carboxylic acids is 2. The van der Waals surface area contributed by atoms with Crippen LogP contribution in [-0.4, -0.2) is 18.4 Å². The van der Waals surface area contributed by atoms with E-state index in [2.05, 4.69) is 0 Å². The SMILES string of the molecule is CCOC(=O)[C@H]1[C@@H]2C(=O)C[C@H](C)[C@@H]21. The van der Waals surface area contributed by atoms with E-state index in [4.69, 9.17) is 4.74 Å². The molecule has 0 radical (unpaired) electrons. The van der Waals surface area contributed by atoms with Gasteiger partial charge in [-0.15, -0.1) is 0 Å². The Bertz CT molecular complexity index is 259. The fraction of sp³-hybridized carbons (Fsp3) is 0.800. The van der Waals surface area contributed by atoms with Gasteiger partial charge in [0.15, 0.2) is 0 Å². The maximum Gasteiger partial charge on any atom is 0.309 e. The van der Waals surface area contributed by atoms with Gasteiger partial charge in [-0.05, 0) is 18.8 Å². The van der Waals surface area contributed by atoms with Gasteiger partial charge in [-0.2, -0.15) is 0 Å². The van der Waals surface area contributed by atoms with E-state index in [0.29, 0.717) is 24.9 Å². The van der Waals surface area contributed by atoms with E-state index in [0.717, 1.165) is 0 Å². The van der Waals surface area contributed by atoms with Crippen molar-refractivity contribution in [1.29, 1.82) is 0 Å². The number of ketones is 1. The molecule has 2 aliphatic rings. The summed E-state index contributed by atoms with van der Waals surface area (Å²) < 4.78 is 4.91. The van der Waals surface area contributed by atoms with Crippen LogP contribution >= 0.6 is 0 Å². The molecule has 0 spiro atoms. The maximum absolute atomic E-state index is 11.3. The van der Waals surface area contributed by atoms with E-state index >= 15 is 0 Å².